The number of carbonyl (C=O) groups is 1. The Morgan fingerprint density at radius 1 is 1.41 bits per heavy atom. The Bertz CT molecular complexity index is 568. The van der Waals surface area contributed by atoms with Gasteiger partial charge in [0.05, 0.1) is 11.5 Å². The molecule has 0 aromatic heterocycles. The summed E-state index contributed by atoms with van der Waals surface area (Å²) in [6.45, 7) is 0. The number of rotatable bonds is 2. The number of ketones is 1. The van der Waals surface area contributed by atoms with Crippen molar-refractivity contribution in [1.82, 2.24) is 0 Å². The first-order valence-electron chi connectivity index (χ1n) is 5.09. The van der Waals surface area contributed by atoms with E-state index in [0.717, 1.165) is 0 Å². The van der Waals surface area contributed by atoms with Gasteiger partial charge >= 0.3 is 0 Å². The van der Waals surface area contributed by atoms with Crippen molar-refractivity contribution in [3.8, 4) is 0 Å². The Balaban J connectivity index is 2.27. The summed E-state index contributed by atoms with van der Waals surface area (Å²) in [7, 11) is -3.03. The van der Waals surface area contributed by atoms with Crippen molar-refractivity contribution in [1.29, 1.82) is 0 Å². The Morgan fingerprint density at radius 3 is 2.65 bits per heavy atom. The van der Waals surface area contributed by atoms with Crippen LogP contribution in [-0.4, -0.2) is 25.7 Å². The molecule has 3 nitrogen and oxygen atoms in total. The number of benzene rings is 1. The summed E-state index contributed by atoms with van der Waals surface area (Å²) in [5.74, 6) is -0.484. The minimum Gasteiger partial charge on any atom is -0.294 e. The van der Waals surface area contributed by atoms with Crippen LogP contribution < -0.4 is 0 Å². The summed E-state index contributed by atoms with van der Waals surface area (Å²) in [6, 6.07) is 4.89. The molecule has 0 bridgehead atoms. The minimum absolute atomic E-state index is 0.0408. The zero-order valence-electron chi connectivity index (χ0n) is 8.82. The van der Waals surface area contributed by atoms with Crippen LogP contribution in [0.15, 0.2) is 22.7 Å². The highest BCUT2D eigenvalue weighted by atomic mass is 79.9. The maximum absolute atomic E-state index is 12.1. The summed E-state index contributed by atoms with van der Waals surface area (Å²) < 4.78 is 23.3. The van der Waals surface area contributed by atoms with E-state index in [0.29, 0.717) is 21.5 Å². The number of carbonyl (C=O) groups excluding carboxylic acids is 1. The van der Waals surface area contributed by atoms with E-state index in [4.69, 9.17) is 11.6 Å². The predicted octanol–water partition coefficient (Wildman–Crippen LogP) is 2.72. The smallest absolute Gasteiger partial charge is 0.168 e. The van der Waals surface area contributed by atoms with Crippen LogP contribution in [0.25, 0.3) is 0 Å². The van der Waals surface area contributed by atoms with Gasteiger partial charge in [0.2, 0.25) is 0 Å². The topological polar surface area (TPSA) is 51.2 Å². The Morgan fingerprint density at radius 2 is 2.12 bits per heavy atom. The summed E-state index contributed by atoms with van der Waals surface area (Å²) in [6.07, 6.45) is 0.413. The number of hydrogen-bond donors (Lipinski definition) is 0. The van der Waals surface area contributed by atoms with Crippen molar-refractivity contribution >= 4 is 43.2 Å². The molecule has 0 saturated carbocycles. The van der Waals surface area contributed by atoms with Gasteiger partial charge in [-0.2, -0.15) is 0 Å². The van der Waals surface area contributed by atoms with Crippen molar-refractivity contribution in [2.45, 2.75) is 6.42 Å². The van der Waals surface area contributed by atoms with E-state index >= 15 is 0 Å². The molecule has 1 aromatic carbocycles. The first-order chi connectivity index (χ1) is 7.89. The molecule has 1 aromatic rings. The van der Waals surface area contributed by atoms with Gasteiger partial charge in [-0.15, -0.1) is 0 Å². The van der Waals surface area contributed by atoms with E-state index in [1.807, 2.05) is 0 Å². The van der Waals surface area contributed by atoms with Crippen LogP contribution in [0.2, 0.25) is 5.02 Å². The molecular weight excluding hydrogens is 328 g/mol. The molecule has 17 heavy (non-hydrogen) atoms. The maximum atomic E-state index is 12.1. The number of halogens is 2. The number of Topliss-reactive ketones (excluding diaryl/α,β-unsaturated/α-hetero) is 1. The zero-order valence-corrected chi connectivity index (χ0v) is 12.0. The van der Waals surface area contributed by atoms with Gasteiger partial charge in [-0.25, -0.2) is 8.42 Å². The van der Waals surface area contributed by atoms with Crippen LogP contribution >= 0.6 is 27.5 Å². The monoisotopic (exact) mass is 336 g/mol. The molecule has 0 spiro atoms. The van der Waals surface area contributed by atoms with Crippen LogP contribution in [0.5, 0.6) is 0 Å². The minimum atomic E-state index is -3.03. The molecule has 0 amide bonds. The molecule has 0 radical (unpaired) electrons. The van der Waals surface area contributed by atoms with Crippen LogP contribution in [0.3, 0.4) is 0 Å². The molecule has 6 heteroatoms. The molecule has 1 aliphatic rings. The third kappa shape index (κ3) is 2.89. The Labute approximate surface area is 113 Å². The largest absolute Gasteiger partial charge is 0.294 e. The van der Waals surface area contributed by atoms with Gasteiger partial charge in [-0.3, -0.25) is 4.79 Å². The Kier molecular flexibility index (Phi) is 3.61. The molecule has 0 N–H and O–H groups in total. The molecule has 1 aliphatic heterocycles. The standard InChI is InChI=1S/C11H10BrClO3S/c12-10-5-8(13)1-2-9(10)11(14)7-3-4-17(15,16)6-7/h1-2,5,7H,3-4,6H2. The highest BCUT2D eigenvalue weighted by molar-refractivity contribution is 9.10. The predicted molar refractivity (Wildman–Crippen MR) is 70.2 cm³/mol. The van der Waals surface area contributed by atoms with Crippen LogP contribution in [0.4, 0.5) is 0 Å². The second-order valence-corrected chi connectivity index (χ2v) is 7.61. The second kappa shape index (κ2) is 4.71. The van der Waals surface area contributed by atoms with Gasteiger partial charge in [0, 0.05) is 21.0 Å². The molecule has 1 atom stereocenters. The number of sulfone groups is 1. The summed E-state index contributed by atoms with van der Waals surface area (Å²) in [5, 5.41) is 0.535. The first kappa shape index (κ1) is 13.1. The normalized spacial score (nSPS) is 22.6. The third-order valence-electron chi connectivity index (χ3n) is 2.80. The fourth-order valence-electron chi connectivity index (χ4n) is 1.91. The van der Waals surface area contributed by atoms with Gasteiger partial charge in [-0.05, 0) is 40.5 Å². The quantitative estimate of drug-likeness (QED) is 0.780. The maximum Gasteiger partial charge on any atom is 0.168 e. The highest BCUT2D eigenvalue weighted by Gasteiger charge is 2.33. The average molecular weight is 338 g/mol. The van der Waals surface area contributed by atoms with Crippen molar-refractivity contribution in [3.05, 3.63) is 33.3 Å². The van der Waals surface area contributed by atoms with E-state index in [1.54, 1.807) is 18.2 Å². The molecule has 92 valence electrons. The fourth-order valence-corrected chi connectivity index (χ4v) is 4.53. The van der Waals surface area contributed by atoms with Gasteiger partial charge in [0.15, 0.2) is 15.6 Å². The van der Waals surface area contributed by atoms with Crippen LogP contribution in [0, 0.1) is 5.92 Å². The SMILES string of the molecule is O=C(c1ccc(Cl)cc1Br)C1CCS(=O)(=O)C1. The molecule has 0 aliphatic carbocycles. The lowest BCUT2D eigenvalue weighted by Crippen LogP contribution is -2.16. The van der Waals surface area contributed by atoms with Crippen molar-refractivity contribution in [2.75, 3.05) is 11.5 Å². The van der Waals surface area contributed by atoms with E-state index in [9.17, 15) is 13.2 Å². The average Bonchev–Trinajstić information content (AvgIpc) is 2.58. The lowest BCUT2D eigenvalue weighted by molar-refractivity contribution is 0.0932. The zero-order chi connectivity index (χ0) is 12.6. The fraction of sp³-hybridized carbons (Fsp3) is 0.364. The molecule has 2 rings (SSSR count). The molecule has 1 heterocycles. The van der Waals surface area contributed by atoms with E-state index in [2.05, 4.69) is 15.9 Å². The summed E-state index contributed by atoms with van der Waals surface area (Å²) >= 11 is 9.06. The van der Waals surface area contributed by atoms with E-state index < -0.39 is 15.8 Å². The van der Waals surface area contributed by atoms with Crippen LogP contribution in [-0.2, 0) is 9.84 Å². The first-order valence-corrected chi connectivity index (χ1v) is 8.08. The highest BCUT2D eigenvalue weighted by Crippen LogP contribution is 2.28. The summed E-state index contributed by atoms with van der Waals surface area (Å²) in [5.41, 5.74) is 0.497. The van der Waals surface area contributed by atoms with Crippen molar-refractivity contribution < 1.29 is 13.2 Å². The van der Waals surface area contributed by atoms with E-state index in [-0.39, 0.29) is 17.3 Å². The van der Waals surface area contributed by atoms with Gasteiger partial charge < -0.3 is 0 Å². The number of hydrogen-bond acceptors (Lipinski definition) is 3. The summed E-state index contributed by atoms with van der Waals surface area (Å²) in [4.78, 5) is 12.1. The third-order valence-corrected chi connectivity index (χ3v) is 5.46. The van der Waals surface area contributed by atoms with Crippen LogP contribution in [0.1, 0.15) is 16.8 Å². The van der Waals surface area contributed by atoms with Crippen molar-refractivity contribution in [2.24, 2.45) is 5.92 Å². The lowest BCUT2D eigenvalue weighted by atomic mass is 9.97. The molecule has 1 unspecified atom stereocenters. The van der Waals surface area contributed by atoms with Gasteiger partial charge in [0.25, 0.3) is 0 Å². The Hall–Kier alpha value is -0.390. The second-order valence-electron chi connectivity index (χ2n) is 4.09. The molecule has 1 fully saturated rings. The van der Waals surface area contributed by atoms with E-state index in [1.165, 1.54) is 0 Å². The lowest BCUT2D eigenvalue weighted by Gasteiger charge is -2.08. The molecule has 1 saturated heterocycles. The van der Waals surface area contributed by atoms with Crippen molar-refractivity contribution in [3.63, 3.8) is 0 Å². The van der Waals surface area contributed by atoms with Gasteiger partial charge in [-0.1, -0.05) is 11.6 Å². The van der Waals surface area contributed by atoms with Gasteiger partial charge in [0.1, 0.15) is 0 Å². The molecular formula is C11H10BrClO3S.